The molecule has 2 aromatic carbocycles. The summed E-state index contributed by atoms with van der Waals surface area (Å²) in [6, 6.07) is 19.9. The van der Waals surface area contributed by atoms with Crippen molar-refractivity contribution in [3.05, 3.63) is 93.2 Å². The molecule has 5 heteroatoms. The van der Waals surface area contributed by atoms with Gasteiger partial charge in [-0.25, -0.2) is 0 Å². The number of thiophene rings is 1. The third-order valence-electron chi connectivity index (χ3n) is 6.56. The molecule has 1 atom stereocenters. The molecule has 3 rings (SSSR count). The van der Waals surface area contributed by atoms with Crippen LogP contribution in [0.2, 0.25) is 0 Å². The lowest BCUT2D eigenvalue weighted by atomic mass is 9.86. The predicted octanol–water partition coefficient (Wildman–Crippen LogP) is 6.82. The van der Waals surface area contributed by atoms with Crippen LogP contribution in [0.15, 0.2) is 66.0 Å². The van der Waals surface area contributed by atoms with E-state index in [0.29, 0.717) is 18.7 Å². The Morgan fingerprint density at radius 1 is 0.943 bits per heavy atom. The molecular weight excluding hydrogens is 452 g/mol. The molecule has 186 valence electrons. The van der Waals surface area contributed by atoms with Gasteiger partial charge in [-0.2, -0.15) is 0 Å². The molecule has 0 saturated carbocycles. The molecule has 0 aliphatic carbocycles. The van der Waals surface area contributed by atoms with Gasteiger partial charge in [0.05, 0.1) is 6.54 Å². The van der Waals surface area contributed by atoms with Crippen molar-refractivity contribution >= 4 is 23.2 Å². The minimum atomic E-state index is -0.0971. The maximum absolute atomic E-state index is 13.7. The van der Waals surface area contributed by atoms with Crippen LogP contribution in [-0.4, -0.2) is 34.2 Å². The van der Waals surface area contributed by atoms with Gasteiger partial charge in [-0.3, -0.25) is 9.59 Å². The normalized spacial score (nSPS) is 12.3. The SMILES string of the molecule is CCC(C)N(CC(=O)N(Cc1ccccc1)Cc1sccc1C)C(=O)c1ccc(C(C)(C)C)cc1. The summed E-state index contributed by atoms with van der Waals surface area (Å²) in [6.45, 7) is 13.7. The van der Waals surface area contributed by atoms with Gasteiger partial charge >= 0.3 is 0 Å². The monoisotopic (exact) mass is 490 g/mol. The summed E-state index contributed by atoms with van der Waals surface area (Å²) in [7, 11) is 0. The number of benzene rings is 2. The fraction of sp³-hybridized carbons (Fsp3) is 0.400. The second-order valence-corrected chi connectivity index (χ2v) is 11.3. The molecular formula is C30H38N2O2S. The smallest absolute Gasteiger partial charge is 0.254 e. The Morgan fingerprint density at radius 2 is 1.60 bits per heavy atom. The number of aryl methyl sites for hydroxylation is 1. The standard InChI is InChI=1S/C30H38N2O2S/c1-7-23(3)32(29(34)25-13-15-26(16-14-25)30(4,5)6)21-28(33)31(19-24-11-9-8-10-12-24)20-27-22(2)17-18-35-27/h8-18,23H,7,19-21H2,1-6H3. The van der Waals surface area contributed by atoms with Crippen LogP contribution in [0.4, 0.5) is 0 Å². The van der Waals surface area contributed by atoms with E-state index in [4.69, 9.17) is 0 Å². The molecule has 1 aromatic heterocycles. The van der Waals surface area contributed by atoms with E-state index in [1.165, 1.54) is 16.0 Å². The van der Waals surface area contributed by atoms with Crippen LogP contribution in [-0.2, 0) is 23.3 Å². The van der Waals surface area contributed by atoms with Crippen LogP contribution in [0.25, 0.3) is 0 Å². The number of hydrogen-bond acceptors (Lipinski definition) is 3. The molecule has 3 aromatic rings. The molecule has 0 aliphatic rings. The second-order valence-electron chi connectivity index (χ2n) is 10.3. The first-order valence-electron chi connectivity index (χ1n) is 12.4. The van der Waals surface area contributed by atoms with Gasteiger partial charge in [-0.05, 0) is 66.0 Å². The molecule has 35 heavy (non-hydrogen) atoms. The Labute approximate surface area is 214 Å². The summed E-state index contributed by atoms with van der Waals surface area (Å²) in [5.41, 5.74) is 4.09. The summed E-state index contributed by atoms with van der Waals surface area (Å²) in [4.78, 5) is 32.0. The van der Waals surface area contributed by atoms with Crippen LogP contribution < -0.4 is 0 Å². The molecule has 1 heterocycles. The highest BCUT2D eigenvalue weighted by molar-refractivity contribution is 7.10. The molecule has 4 nitrogen and oxygen atoms in total. The number of amides is 2. The van der Waals surface area contributed by atoms with Crippen molar-refractivity contribution in [3.8, 4) is 0 Å². The second kappa shape index (κ2) is 11.7. The van der Waals surface area contributed by atoms with Crippen molar-refractivity contribution < 1.29 is 9.59 Å². The average molecular weight is 491 g/mol. The van der Waals surface area contributed by atoms with E-state index in [-0.39, 0.29) is 29.8 Å². The molecule has 0 fully saturated rings. The third kappa shape index (κ3) is 7.04. The highest BCUT2D eigenvalue weighted by Crippen LogP contribution is 2.24. The summed E-state index contributed by atoms with van der Waals surface area (Å²) < 4.78 is 0. The molecule has 1 unspecified atom stereocenters. The Kier molecular flexibility index (Phi) is 8.90. The summed E-state index contributed by atoms with van der Waals surface area (Å²) >= 11 is 1.67. The van der Waals surface area contributed by atoms with Gasteiger partial charge in [-0.15, -0.1) is 11.3 Å². The maximum Gasteiger partial charge on any atom is 0.254 e. The first-order chi connectivity index (χ1) is 16.6. The van der Waals surface area contributed by atoms with E-state index < -0.39 is 0 Å². The topological polar surface area (TPSA) is 40.6 Å². The highest BCUT2D eigenvalue weighted by Gasteiger charge is 2.27. The highest BCUT2D eigenvalue weighted by atomic mass is 32.1. The van der Waals surface area contributed by atoms with Crippen molar-refractivity contribution in [1.82, 2.24) is 9.80 Å². The summed E-state index contributed by atoms with van der Waals surface area (Å²) in [5, 5.41) is 2.06. The van der Waals surface area contributed by atoms with Gasteiger partial charge in [-0.1, -0.05) is 70.2 Å². The van der Waals surface area contributed by atoms with E-state index in [2.05, 4.69) is 46.1 Å². The van der Waals surface area contributed by atoms with Crippen LogP contribution >= 0.6 is 11.3 Å². The zero-order valence-corrected chi connectivity index (χ0v) is 22.7. The quantitative estimate of drug-likeness (QED) is 0.330. The lowest BCUT2D eigenvalue weighted by Gasteiger charge is -2.31. The molecule has 0 bridgehead atoms. The first kappa shape index (κ1) is 26.7. The van der Waals surface area contributed by atoms with Crippen LogP contribution in [0.3, 0.4) is 0 Å². The lowest BCUT2D eigenvalue weighted by Crippen LogP contribution is -2.46. The fourth-order valence-corrected chi connectivity index (χ4v) is 4.87. The van der Waals surface area contributed by atoms with E-state index in [1.54, 1.807) is 16.2 Å². The van der Waals surface area contributed by atoms with Crippen molar-refractivity contribution in [2.45, 2.75) is 72.5 Å². The van der Waals surface area contributed by atoms with Crippen LogP contribution in [0.1, 0.15) is 73.0 Å². The van der Waals surface area contributed by atoms with E-state index in [9.17, 15) is 9.59 Å². The van der Waals surface area contributed by atoms with Crippen molar-refractivity contribution in [1.29, 1.82) is 0 Å². The van der Waals surface area contributed by atoms with Crippen molar-refractivity contribution in [3.63, 3.8) is 0 Å². The van der Waals surface area contributed by atoms with Gasteiger partial charge in [0, 0.05) is 23.0 Å². The Hall–Kier alpha value is -2.92. The minimum absolute atomic E-state index is 0.0196. The zero-order chi connectivity index (χ0) is 25.6. The van der Waals surface area contributed by atoms with Crippen molar-refractivity contribution in [2.75, 3.05) is 6.54 Å². The average Bonchev–Trinajstić information content (AvgIpc) is 3.25. The molecule has 0 radical (unpaired) electrons. The van der Waals surface area contributed by atoms with Gasteiger partial charge in [0.15, 0.2) is 0 Å². The lowest BCUT2D eigenvalue weighted by molar-refractivity contribution is -0.133. The largest absolute Gasteiger partial charge is 0.332 e. The molecule has 0 N–H and O–H groups in total. The Bertz CT molecular complexity index is 1110. The van der Waals surface area contributed by atoms with Crippen LogP contribution in [0.5, 0.6) is 0 Å². The zero-order valence-electron chi connectivity index (χ0n) is 21.9. The van der Waals surface area contributed by atoms with Gasteiger partial charge < -0.3 is 9.80 Å². The van der Waals surface area contributed by atoms with E-state index in [1.807, 2.05) is 66.4 Å². The van der Waals surface area contributed by atoms with Crippen LogP contribution in [0, 0.1) is 6.92 Å². The molecule has 2 amide bonds. The van der Waals surface area contributed by atoms with E-state index in [0.717, 1.165) is 12.0 Å². The first-order valence-corrected chi connectivity index (χ1v) is 13.2. The minimum Gasteiger partial charge on any atom is -0.332 e. The molecule has 0 aliphatic heterocycles. The van der Waals surface area contributed by atoms with Gasteiger partial charge in [0.2, 0.25) is 5.91 Å². The van der Waals surface area contributed by atoms with Gasteiger partial charge in [0.25, 0.3) is 5.91 Å². The summed E-state index contributed by atoms with van der Waals surface area (Å²) in [6.07, 6.45) is 0.780. The number of hydrogen-bond donors (Lipinski definition) is 0. The Balaban J connectivity index is 1.84. The third-order valence-corrected chi connectivity index (χ3v) is 7.57. The number of rotatable bonds is 9. The number of carbonyl (C=O) groups is 2. The summed E-state index contributed by atoms with van der Waals surface area (Å²) in [5.74, 6) is -0.137. The van der Waals surface area contributed by atoms with E-state index >= 15 is 0 Å². The maximum atomic E-state index is 13.7. The predicted molar refractivity (Wildman–Crippen MR) is 146 cm³/mol. The molecule has 0 spiro atoms. The molecule has 0 saturated heterocycles. The number of nitrogens with zero attached hydrogens (tertiary/aromatic N) is 2. The fourth-order valence-electron chi connectivity index (χ4n) is 3.95. The Morgan fingerprint density at radius 3 is 2.14 bits per heavy atom. The number of carbonyl (C=O) groups excluding carboxylic acids is 2. The van der Waals surface area contributed by atoms with Gasteiger partial charge in [0.1, 0.15) is 6.54 Å². The van der Waals surface area contributed by atoms with Crippen molar-refractivity contribution in [2.24, 2.45) is 0 Å².